The molecular weight excluding hydrogens is 220 g/mol. The van der Waals surface area contributed by atoms with Crippen LogP contribution in [-0.2, 0) is 0 Å². The van der Waals surface area contributed by atoms with Gasteiger partial charge in [-0.25, -0.2) is 0 Å². The molecule has 1 N–H and O–H groups in total. The fourth-order valence-corrected chi connectivity index (χ4v) is 2.95. The van der Waals surface area contributed by atoms with Crippen molar-refractivity contribution in [2.24, 2.45) is 5.92 Å². The van der Waals surface area contributed by atoms with E-state index in [0.717, 1.165) is 5.92 Å². The van der Waals surface area contributed by atoms with Gasteiger partial charge in [-0.3, -0.25) is 0 Å². The molecule has 0 aromatic carbocycles. The first kappa shape index (κ1) is 16.0. The molecule has 1 saturated heterocycles. The molecule has 0 aromatic rings. The van der Waals surface area contributed by atoms with Crippen LogP contribution in [0.15, 0.2) is 0 Å². The number of hydrogen-bond acceptors (Lipinski definition) is 2. The zero-order chi connectivity index (χ0) is 13.1. The first-order valence-electron chi connectivity index (χ1n) is 8.22. The summed E-state index contributed by atoms with van der Waals surface area (Å²) in [6.45, 7) is 7.35. The van der Waals surface area contributed by atoms with Crippen molar-refractivity contribution in [2.75, 3.05) is 33.2 Å². The Kier molecular flexibility index (Phi) is 9.59. The van der Waals surface area contributed by atoms with Gasteiger partial charge in [0, 0.05) is 6.54 Å². The molecule has 0 aromatic heterocycles. The van der Waals surface area contributed by atoms with Crippen LogP contribution in [0.4, 0.5) is 0 Å². The Morgan fingerprint density at radius 1 is 1.06 bits per heavy atom. The second-order valence-electron chi connectivity index (χ2n) is 6.10. The summed E-state index contributed by atoms with van der Waals surface area (Å²) in [6.07, 6.45) is 12.7. The third kappa shape index (κ3) is 8.10. The lowest BCUT2D eigenvalue weighted by molar-refractivity contribution is 0.206. The molecule has 0 amide bonds. The second-order valence-corrected chi connectivity index (χ2v) is 6.10. The standard InChI is InChI=1S/C16H34N2/c1-3-4-5-6-7-8-9-12-17-14-16-11-10-13-18(2)15-16/h16-17H,3-15H2,1-2H3. The Morgan fingerprint density at radius 2 is 1.78 bits per heavy atom. The Bertz CT molecular complexity index is 182. The van der Waals surface area contributed by atoms with Crippen LogP contribution in [0.3, 0.4) is 0 Å². The quantitative estimate of drug-likeness (QED) is 0.598. The van der Waals surface area contributed by atoms with Crippen molar-refractivity contribution in [1.29, 1.82) is 0 Å². The Hall–Kier alpha value is -0.0800. The summed E-state index contributed by atoms with van der Waals surface area (Å²) in [5, 5.41) is 3.65. The van der Waals surface area contributed by atoms with Crippen molar-refractivity contribution in [2.45, 2.75) is 64.7 Å². The minimum Gasteiger partial charge on any atom is -0.316 e. The highest BCUT2D eigenvalue weighted by Gasteiger charge is 2.15. The van der Waals surface area contributed by atoms with Crippen LogP contribution in [0.5, 0.6) is 0 Å². The van der Waals surface area contributed by atoms with Crippen molar-refractivity contribution in [3.05, 3.63) is 0 Å². The molecule has 1 rings (SSSR count). The van der Waals surface area contributed by atoms with E-state index in [2.05, 4.69) is 24.2 Å². The van der Waals surface area contributed by atoms with E-state index in [-0.39, 0.29) is 0 Å². The van der Waals surface area contributed by atoms with Crippen LogP contribution in [0.25, 0.3) is 0 Å². The molecule has 0 aliphatic carbocycles. The molecule has 1 aliphatic heterocycles. The van der Waals surface area contributed by atoms with Crippen LogP contribution in [-0.4, -0.2) is 38.1 Å². The molecule has 2 heteroatoms. The van der Waals surface area contributed by atoms with E-state index in [1.807, 2.05) is 0 Å². The van der Waals surface area contributed by atoms with Crippen LogP contribution in [0.2, 0.25) is 0 Å². The van der Waals surface area contributed by atoms with Gasteiger partial charge in [0.15, 0.2) is 0 Å². The zero-order valence-corrected chi connectivity index (χ0v) is 12.7. The number of rotatable bonds is 10. The van der Waals surface area contributed by atoms with Gasteiger partial charge < -0.3 is 10.2 Å². The Labute approximate surface area is 115 Å². The average Bonchev–Trinajstić information content (AvgIpc) is 2.37. The van der Waals surface area contributed by atoms with E-state index in [9.17, 15) is 0 Å². The van der Waals surface area contributed by atoms with Gasteiger partial charge in [0.1, 0.15) is 0 Å². The Morgan fingerprint density at radius 3 is 2.50 bits per heavy atom. The van der Waals surface area contributed by atoms with Gasteiger partial charge in [0.05, 0.1) is 0 Å². The summed E-state index contributed by atoms with van der Waals surface area (Å²) in [6, 6.07) is 0. The van der Waals surface area contributed by atoms with Crippen molar-refractivity contribution in [3.8, 4) is 0 Å². The van der Waals surface area contributed by atoms with Gasteiger partial charge in [0.25, 0.3) is 0 Å². The number of nitrogens with one attached hydrogen (secondary N) is 1. The topological polar surface area (TPSA) is 15.3 Å². The maximum Gasteiger partial charge on any atom is 0.00187 e. The molecule has 0 saturated carbocycles. The molecule has 2 nitrogen and oxygen atoms in total. The van der Waals surface area contributed by atoms with Gasteiger partial charge in [-0.15, -0.1) is 0 Å². The minimum atomic E-state index is 0.897. The fourth-order valence-electron chi connectivity index (χ4n) is 2.95. The maximum atomic E-state index is 3.65. The summed E-state index contributed by atoms with van der Waals surface area (Å²) in [7, 11) is 2.25. The minimum absolute atomic E-state index is 0.897. The summed E-state index contributed by atoms with van der Waals surface area (Å²) >= 11 is 0. The van der Waals surface area contributed by atoms with Crippen molar-refractivity contribution in [1.82, 2.24) is 10.2 Å². The third-order valence-electron chi connectivity index (χ3n) is 4.11. The highest BCUT2D eigenvalue weighted by molar-refractivity contribution is 4.72. The van der Waals surface area contributed by atoms with Crippen molar-refractivity contribution < 1.29 is 0 Å². The van der Waals surface area contributed by atoms with E-state index in [1.165, 1.54) is 84.0 Å². The number of likely N-dealkylation sites (tertiary alicyclic amines) is 1. The molecule has 1 fully saturated rings. The summed E-state index contributed by atoms with van der Waals surface area (Å²) in [4.78, 5) is 2.48. The maximum absolute atomic E-state index is 3.65. The molecule has 108 valence electrons. The first-order chi connectivity index (χ1) is 8.83. The normalized spacial score (nSPS) is 21.3. The predicted octanol–water partition coefficient (Wildman–Crippen LogP) is 3.67. The summed E-state index contributed by atoms with van der Waals surface area (Å²) in [5.74, 6) is 0.897. The second kappa shape index (κ2) is 10.8. The molecule has 18 heavy (non-hydrogen) atoms. The van der Waals surface area contributed by atoms with Gasteiger partial charge in [0.2, 0.25) is 0 Å². The molecule has 1 heterocycles. The number of unbranched alkanes of at least 4 members (excludes halogenated alkanes) is 6. The van der Waals surface area contributed by atoms with Crippen LogP contribution in [0, 0.1) is 5.92 Å². The van der Waals surface area contributed by atoms with E-state index in [4.69, 9.17) is 0 Å². The van der Waals surface area contributed by atoms with Gasteiger partial charge in [-0.2, -0.15) is 0 Å². The first-order valence-corrected chi connectivity index (χ1v) is 8.22. The molecule has 0 radical (unpaired) electrons. The van der Waals surface area contributed by atoms with Crippen LogP contribution >= 0.6 is 0 Å². The highest BCUT2D eigenvalue weighted by Crippen LogP contribution is 2.13. The number of hydrogen-bond donors (Lipinski definition) is 1. The molecular formula is C16H34N2. The fraction of sp³-hybridized carbons (Fsp3) is 1.00. The van der Waals surface area contributed by atoms with Crippen LogP contribution < -0.4 is 5.32 Å². The molecule has 0 spiro atoms. The monoisotopic (exact) mass is 254 g/mol. The molecule has 1 unspecified atom stereocenters. The van der Waals surface area contributed by atoms with Crippen molar-refractivity contribution >= 4 is 0 Å². The summed E-state index contributed by atoms with van der Waals surface area (Å²) < 4.78 is 0. The van der Waals surface area contributed by atoms with Gasteiger partial charge >= 0.3 is 0 Å². The molecule has 1 atom stereocenters. The highest BCUT2D eigenvalue weighted by atomic mass is 15.1. The summed E-state index contributed by atoms with van der Waals surface area (Å²) in [5.41, 5.74) is 0. The van der Waals surface area contributed by atoms with Gasteiger partial charge in [-0.1, -0.05) is 45.4 Å². The lowest BCUT2D eigenvalue weighted by atomic mass is 9.98. The lowest BCUT2D eigenvalue weighted by Crippen LogP contribution is -2.37. The largest absolute Gasteiger partial charge is 0.316 e. The average molecular weight is 254 g/mol. The SMILES string of the molecule is CCCCCCCCCNCC1CCCN(C)C1. The Balaban J connectivity index is 1.80. The smallest absolute Gasteiger partial charge is 0.00187 e. The zero-order valence-electron chi connectivity index (χ0n) is 12.7. The van der Waals surface area contributed by atoms with Crippen molar-refractivity contribution in [3.63, 3.8) is 0 Å². The number of nitrogens with zero attached hydrogens (tertiary/aromatic N) is 1. The predicted molar refractivity (Wildman–Crippen MR) is 81.1 cm³/mol. The lowest BCUT2D eigenvalue weighted by Gasteiger charge is -2.29. The van der Waals surface area contributed by atoms with E-state index < -0.39 is 0 Å². The van der Waals surface area contributed by atoms with Gasteiger partial charge in [-0.05, 0) is 51.9 Å². The van der Waals surface area contributed by atoms with Crippen LogP contribution in [0.1, 0.15) is 64.7 Å². The molecule has 1 aliphatic rings. The van der Waals surface area contributed by atoms with E-state index >= 15 is 0 Å². The van der Waals surface area contributed by atoms with E-state index in [0.29, 0.717) is 0 Å². The number of piperidine rings is 1. The van der Waals surface area contributed by atoms with E-state index in [1.54, 1.807) is 0 Å². The molecule has 0 bridgehead atoms. The third-order valence-corrected chi connectivity index (χ3v) is 4.11.